The van der Waals surface area contributed by atoms with E-state index in [1.54, 1.807) is 27.9 Å². The first kappa shape index (κ1) is 33.8. The molecule has 2 amide bonds. The number of hydrogen-bond acceptors (Lipinski definition) is 7. The molecule has 3 N–H and O–H groups in total. The van der Waals surface area contributed by atoms with E-state index in [1.807, 2.05) is 37.4 Å². The summed E-state index contributed by atoms with van der Waals surface area (Å²) in [4.78, 5) is 50.2. The molecule has 254 valence electrons. The van der Waals surface area contributed by atoms with Gasteiger partial charge >= 0.3 is 18.0 Å². The molecule has 0 spiro atoms. The minimum Gasteiger partial charge on any atom is -0.490 e. The third-order valence-electron chi connectivity index (χ3n) is 8.66. The molecule has 4 aromatic rings. The number of carboxylic acid groups (broad SMARTS) is 2. The summed E-state index contributed by atoms with van der Waals surface area (Å²) in [6.07, 6.45) is 3.34. The van der Waals surface area contributed by atoms with Crippen LogP contribution >= 0.6 is 23.2 Å². The molecular formula is C35H32Cl2N4O8. The molecule has 2 aliphatic rings. The number of carbonyl (C=O) groups excluding carboxylic acids is 2. The van der Waals surface area contributed by atoms with Crippen molar-refractivity contribution < 1.29 is 38.9 Å². The van der Waals surface area contributed by atoms with Crippen molar-refractivity contribution in [1.82, 2.24) is 15.1 Å². The Morgan fingerprint density at radius 1 is 1.04 bits per heavy atom. The van der Waals surface area contributed by atoms with Crippen LogP contribution in [0.4, 0.5) is 10.5 Å². The highest BCUT2D eigenvalue weighted by Crippen LogP contribution is 2.57. The van der Waals surface area contributed by atoms with E-state index in [4.69, 9.17) is 37.8 Å². The Morgan fingerprint density at radius 3 is 2.61 bits per heavy atom. The number of amides is 2. The van der Waals surface area contributed by atoms with Gasteiger partial charge in [-0.3, -0.25) is 19.2 Å². The summed E-state index contributed by atoms with van der Waals surface area (Å²) < 4.78 is 13.1. The Kier molecular flexibility index (Phi) is 9.79. The second kappa shape index (κ2) is 14.2. The monoisotopic (exact) mass is 706 g/mol. The molecule has 0 radical (unpaired) electrons. The molecule has 14 heteroatoms. The molecule has 1 saturated carbocycles. The molecule has 3 atom stereocenters. The summed E-state index contributed by atoms with van der Waals surface area (Å²) in [5.74, 6) is -2.27. The topological polar surface area (TPSA) is 160 Å². The van der Waals surface area contributed by atoms with E-state index in [9.17, 15) is 24.3 Å². The van der Waals surface area contributed by atoms with E-state index in [0.717, 1.165) is 34.4 Å². The van der Waals surface area contributed by atoms with Gasteiger partial charge in [-0.15, -0.1) is 0 Å². The molecule has 0 saturated heterocycles. The number of aromatic nitrogens is 2. The van der Waals surface area contributed by atoms with Crippen LogP contribution < -0.4 is 15.0 Å². The maximum atomic E-state index is 13.3. The maximum absolute atomic E-state index is 13.3. The number of carbonyl (C=O) groups is 4. The Bertz CT molecular complexity index is 1950. The normalized spacial score (nSPS) is 16.6. The van der Waals surface area contributed by atoms with Crippen molar-refractivity contribution in [3.05, 3.63) is 99.3 Å². The number of ether oxygens (including phenoxy) is 2. The van der Waals surface area contributed by atoms with Gasteiger partial charge in [-0.1, -0.05) is 41.4 Å². The number of fused-ring (bicyclic) bond motifs is 3. The first-order valence-electron chi connectivity index (χ1n) is 15.5. The number of halogens is 2. The van der Waals surface area contributed by atoms with Crippen LogP contribution in [0.25, 0.3) is 11.1 Å². The van der Waals surface area contributed by atoms with Crippen LogP contribution in [-0.2, 0) is 20.9 Å². The SMILES string of the molecule is Cc1c(Cl)cccc1OCCOC(=O)N1C[C@@H]2C[C@@H]2c2c(-c3cnn(Cc4cc(C(=O)N[C@H](CC(=O)O)C(=O)O)ccc4Cl)c3)cccc21. The molecule has 0 unspecified atom stereocenters. The van der Waals surface area contributed by atoms with E-state index in [0.29, 0.717) is 39.7 Å². The van der Waals surface area contributed by atoms with Crippen LogP contribution in [0.3, 0.4) is 0 Å². The van der Waals surface area contributed by atoms with Crippen LogP contribution in [0, 0.1) is 12.8 Å². The highest BCUT2D eigenvalue weighted by molar-refractivity contribution is 6.31. The molecule has 49 heavy (non-hydrogen) atoms. The molecular weight excluding hydrogens is 675 g/mol. The first-order valence-corrected chi connectivity index (χ1v) is 16.3. The highest BCUT2D eigenvalue weighted by atomic mass is 35.5. The third kappa shape index (κ3) is 7.50. The van der Waals surface area contributed by atoms with Gasteiger partial charge in [0.25, 0.3) is 5.91 Å². The van der Waals surface area contributed by atoms with Crippen molar-refractivity contribution in [3.8, 4) is 16.9 Å². The van der Waals surface area contributed by atoms with Gasteiger partial charge in [-0.05, 0) is 78.3 Å². The predicted molar refractivity (Wildman–Crippen MR) is 181 cm³/mol. The molecule has 1 aromatic heterocycles. The standard InChI is InChI=1S/C35H32Cl2N4O8/c1-19-26(36)5-3-7-30(19)48-10-11-49-35(47)41-18-21-13-25(21)32-24(4-2-6-29(32)41)23-15-38-40(17-23)16-22-12-20(8-9-27(22)37)33(44)39-28(34(45)46)14-31(42)43/h2-9,12,15,17,21,25,28H,10-11,13-14,16,18H2,1H3,(H,39,44)(H,42,43)(H,45,46)/t21-,25-,28+/m0/s1. The molecule has 3 aromatic carbocycles. The van der Waals surface area contributed by atoms with E-state index in [1.165, 1.54) is 18.2 Å². The zero-order valence-electron chi connectivity index (χ0n) is 26.3. The van der Waals surface area contributed by atoms with E-state index in [-0.39, 0.29) is 25.3 Å². The van der Waals surface area contributed by atoms with Gasteiger partial charge in [0, 0.05) is 39.5 Å². The molecule has 6 rings (SSSR count). The largest absolute Gasteiger partial charge is 0.490 e. The molecule has 1 aliphatic heterocycles. The third-order valence-corrected chi connectivity index (χ3v) is 9.43. The fourth-order valence-corrected chi connectivity index (χ4v) is 6.40. The van der Waals surface area contributed by atoms with E-state index >= 15 is 0 Å². The van der Waals surface area contributed by atoms with Crippen molar-refractivity contribution in [1.29, 1.82) is 0 Å². The lowest BCUT2D eigenvalue weighted by molar-refractivity contribution is -0.145. The van der Waals surface area contributed by atoms with Gasteiger partial charge in [0.05, 0.1) is 24.8 Å². The summed E-state index contributed by atoms with van der Waals surface area (Å²) in [5.41, 5.74) is 5.14. The molecule has 12 nitrogen and oxygen atoms in total. The van der Waals surface area contributed by atoms with Crippen LogP contribution in [0.1, 0.15) is 45.8 Å². The number of carboxylic acids is 2. The van der Waals surface area contributed by atoms with Gasteiger partial charge < -0.3 is 25.0 Å². The number of aliphatic carboxylic acids is 2. The quantitative estimate of drug-likeness (QED) is 0.150. The van der Waals surface area contributed by atoms with Crippen molar-refractivity contribution in [3.63, 3.8) is 0 Å². The fourth-order valence-electron chi connectivity index (χ4n) is 6.06. The van der Waals surface area contributed by atoms with Crippen LogP contribution in [0.5, 0.6) is 5.75 Å². The van der Waals surface area contributed by atoms with Crippen LogP contribution in [-0.4, -0.2) is 69.7 Å². The van der Waals surface area contributed by atoms with Gasteiger partial charge in [0.1, 0.15) is 25.0 Å². The zero-order chi connectivity index (χ0) is 34.8. The van der Waals surface area contributed by atoms with Crippen molar-refractivity contribution in [2.24, 2.45) is 5.92 Å². The highest BCUT2D eigenvalue weighted by Gasteiger charge is 2.48. The van der Waals surface area contributed by atoms with Gasteiger partial charge in [0.2, 0.25) is 0 Å². The van der Waals surface area contributed by atoms with Crippen molar-refractivity contribution in [2.75, 3.05) is 24.7 Å². The van der Waals surface area contributed by atoms with Gasteiger partial charge in [-0.2, -0.15) is 5.10 Å². The lowest BCUT2D eigenvalue weighted by atomic mass is 9.93. The van der Waals surface area contributed by atoms with Crippen LogP contribution in [0.2, 0.25) is 10.0 Å². The predicted octanol–water partition coefficient (Wildman–Crippen LogP) is 6.01. The molecule has 2 heterocycles. The second-order valence-corrected chi connectivity index (χ2v) is 12.8. The number of rotatable bonds is 12. The second-order valence-electron chi connectivity index (χ2n) is 12.0. The average molecular weight is 708 g/mol. The number of nitrogens with one attached hydrogen (secondary N) is 1. The van der Waals surface area contributed by atoms with Gasteiger partial charge in [0.15, 0.2) is 0 Å². The fraction of sp³-hybridized carbons (Fsp3) is 0.286. The summed E-state index contributed by atoms with van der Waals surface area (Å²) in [5, 5.41) is 26.0. The molecule has 1 fully saturated rings. The minimum absolute atomic E-state index is 0.0745. The Hall–Kier alpha value is -5.07. The number of nitrogens with zero attached hydrogens (tertiary/aromatic N) is 3. The first-order chi connectivity index (χ1) is 23.5. The summed E-state index contributed by atoms with van der Waals surface area (Å²) >= 11 is 12.6. The van der Waals surface area contributed by atoms with Crippen molar-refractivity contribution in [2.45, 2.75) is 38.3 Å². The number of hydrogen-bond donors (Lipinski definition) is 3. The van der Waals surface area contributed by atoms with E-state index in [2.05, 4.69) is 10.4 Å². The lowest BCUT2D eigenvalue weighted by Gasteiger charge is -2.29. The Balaban J connectivity index is 1.15. The summed E-state index contributed by atoms with van der Waals surface area (Å²) in [6.45, 7) is 2.89. The zero-order valence-corrected chi connectivity index (χ0v) is 27.8. The smallest absolute Gasteiger partial charge is 0.414 e. The molecule has 0 bridgehead atoms. The number of benzene rings is 3. The van der Waals surface area contributed by atoms with Gasteiger partial charge in [-0.25, -0.2) is 9.59 Å². The average Bonchev–Trinajstić information content (AvgIpc) is 3.72. The summed E-state index contributed by atoms with van der Waals surface area (Å²) in [6, 6.07) is 14.1. The number of anilines is 1. The summed E-state index contributed by atoms with van der Waals surface area (Å²) in [7, 11) is 0. The minimum atomic E-state index is -1.59. The van der Waals surface area contributed by atoms with E-state index < -0.39 is 36.4 Å². The Labute approximate surface area is 291 Å². The maximum Gasteiger partial charge on any atom is 0.414 e. The Morgan fingerprint density at radius 2 is 1.84 bits per heavy atom. The van der Waals surface area contributed by atoms with Crippen LogP contribution in [0.15, 0.2) is 67.0 Å². The van der Waals surface area contributed by atoms with Crippen molar-refractivity contribution >= 4 is 52.8 Å². The lowest BCUT2D eigenvalue weighted by Crippen LogP contribution is -2.42. The molecule has 1 aliphatic carbocycles.